The quantitative estimate of drug-likeness (QED) is 0.882. The Bertz CT molecular complexity index is 657. The summed E-state index contributed by atoms with van der Waals surface area (Å²) in [6, 6.07) is 4.90. The molecule has 1 amide bonds. The van der Waals surface area contributed by atoms with Crippen LogP contribution in [-0.2, 0) is 0 Å². The van der Waals surface area contributed by atoms with E-state index in [1.165, 1.54) is 11.3 Å². The molecule has 0 radical (unpaired) electrons. The van der Waals surface area contributed by atoms with Gasteiger partial charge in [0, 0.05) is 5.38 Å². The molecule has 3 N–H and O–H groups in total. The lowest BCUT2D eigenvalue weighted by molar-refractivity contribution is 0.0935. The molecule has 21 heavy (non-hydrogen) atoms. The van der Waals surface area contributed by atoms with Gasteiger partial charge in [0.25, 0.3) is 5.91 Å². The van der Waals surface area contributed by atoms with E-state index in [9.17, 15) is 4.79 Å². The summed E-state index contributed by atoms with van der Waals surface area (Å²) in [4.78, 5) is 16.4. The number of aromatic nitrogens is 1. The molecule has 0 aliphatic rings. The maximum atomic E-state index is 12.1. The molecule has 2 unspecified atom stereocenters. The average molecular weight is 344 g/mol. The van der Waals surface area contributed by atoms with Gasteiger partial charge in [-0.25, -0.2) is 4.98 Å². The first-order valence-electron chi connectivity index (χ1n) is 6.35. The number of nitrogens with two attached hydrogens (primary N) is 1. The molecule has 2 atom stereocenters. The largest absolute Gasteiger partial charge is 0.344 e. The fraction of sp³-hybridized carbons (Fsp3) is 0.286. The number of thiazole rings is 1. The Balaban J connectivity index is 2.08. The van der Waals surface area contributed by atoms with Gasteiger partial charge in [0.15, 0.2) is 0 Å². The van der Waals surface area contributed by atoms with Gasteiger partial charge in [-0.15, -0.1) is 11.3 Å². The molecule has 0 aliphatic heterocycles. The molecule has 4 nitrogen and oxygen atoms in total. The lowest BCUT2D eigenvalue weighted by Crippen LogP contribution is -2.27. The van der Waals surface area contributed by atoms with Crippen LogP contribution in [0.15, 0.2) is 23.6 Å². The number of hydrogen-bond acceptors (Lipinski definition) is 4. The van der Waals surface area contributed by atoms with Crippen LogP contribution in [0.2, 0.25) is 10.0 Å². The highest BCUT2D eigenvalue weighted by molar-refractivity contribution is 7.09. The van der Waals surface area contributed by atoms with Gasteiger partial charge in [-0.1, -0.05) is 29.3 Å². The van der Waals surface area contributed by atoms with Crippen molar-refractivity contribution >= 4 is 40.4 Å². The molecule has 0 saturated heterocycles. The summed E-state index contributed by atoms with van der Waals surface area (Å²) < 4.78 is 0. The molecule has 0 aliphatic carbocycles. The van der Waals surface area contributed by atoms with Crippen molar-refractivity contribution < 1.29 is 4.79 Å². The Morgan fingerprint density at radius 3 is 2.62 bits per heavy atom. The van der Waals surface area contributed by atoms with Crippen LogP contribution >= 0.6 is 34.5 Å². The third kappa shape index (κ3) is 3.95. The van der Waals surface area contributed by atoms with E-state index in [0.29, 0.717) is 15.7 Å². The Labute approximate surface area is 137 Å². The van der Waals surface area contributed by atoms with Gasteiger partial charge in [-0.2, -0.15) is 0 Å². The average Bonchev–Trinajstić information content (AvgIpc) is 2.91. The molecule has 0 fully saturated rings. The second-order valence-electron chi connectivity index (χ2n) is 4.73. The van der Waals surface area contributed by atoms with Crippen molar-refractivity contribution in [2.75, 3.05) is 0 Å². The first kappa shape index (κ1) is 16.2. The number of carbonyl (C=O) groups excluding carboxylic acids is 1. The lowest BCUT2D eigenvalue weighted by Gasteiger charge is -2.14. The first-order chi connectivity index (χ1) is 9.88. The second-order valence-corrected chi connectivity index (χ2v) is 6.43. The van der Waals surface area contributed by atoms with Crippen molar-refractivity contribution in [2.24, 2.45) is 5.73 Å². The molecule has 1 aromatic heterocycles. The molecule has 0 bridgehead atoms. The van der Waals surface area contributed by atoms with Gasteiger partial charge in [0.05, 0.1) is 22.1 Å². The zero-order valence-corrected chi connectivity index (χ0v) is 13.9. The van der Waals surface area contributed by atoms with Crippen molar-refractivity contribution in [3.63, 3.8) is 0 Å². The van der Waals surface area contributed by atoms with E-state index in [-0.39, 0.29) is 18.0 Å². The maximum absolute atomic E-state index is 12.1. The summed E-state index contributed by atoms with van der Waals surface area (Å²) in [5.41, 5.74) is 6.99. The van der Waals surface area contributed by atoms with Crippen molar-refractivity contribution in [1.82, 2.24) is 10.3 Å². The summed E-state index contributed by atoms with van der Waals surface area (Å²) in [7, 11) is 0. The highest BCUT2D eigenvalue weighted by Crippen LogP contribution is 2.25. The summed E-state index contributed by atoms with van der Waals surface area (Å²) in [6.07, 6.45) is 0. The standard InChI is InChI=1S/C14H15Cl2N3OS/c1-7(17)14-19-12(6-21-14)13(20)18-8(2)9-3-4-10(15)11(16)5-9/h3-8H,17H2,1-2H3,(H,18,20). The SMILES string of the molecule is CC(N)c1nc(C(=O)NC(C)c2ccc(Cl)c(Cl)c2)cs1. The zero-order valence-electron chi connectivity index (χ0n) is 11.6. The van der Waals surface area contributed by atoms with Crippen LogP contribution in [0.25, 0.3) is 0 Å². The van der Waals surface area contributed by atoms with Crippen LogP contribution in [0, 0.1) is 0 Å². The van der Waals surface area contributed by atoms with Crippen LogP contribution in [-0.4, -0.2) is 10.9 Å². The van der Waals surface area contributed by atoms with E-state index in [0.717, 1.165) is 10.6 Å². The minimum Gasteiger partial charge on any atom is -0.344 e. The maximum Gasteiger partial charge on any atom is 0.271 e. The Morgan fingerprint density at radius 2 is 2.05 bits per heavy atom. The number of hydrogen-bond donors (Lipinski definition) is 2. The molecular formula is C14H15Cl2N3OS. The summed E-state index contributed by atoms with van der Waals surface area (Å²) in [5, 5.41) is 6.26. The van der Waals surface area contributed by atoms with Crippen molar-refractivity contribution in [3.8, 4) is 0 Å². The fourth-order valence-electron chi connectivity index (χ4n) is 1.74. The number of rotatable bonds is 4. The van der Waals surface area contributed by atoms with E-state index in [1.807, 2.05) is 19.9 Å². The number of amides is 1. The van der Waals surface area contributed by atoms with Crippen molar-refractivity contribution in [3.05, 3.63) is 49.9 Å². The van der Waals surface area contributed by atoms with E-state index in [2.05, 4.69) is 10.3 Å². The van der Waals surface area contributed by atoms with Gasteiger partial charge in [-0.3, -0.25) is 4.79 Å². The minimum absolute atomic E-state index is 0.177. The van der Waals surface area contributed by atoms with Gasteiger partial charge < -0.3 is 11.1 Å². The summed E-state index contributed by atoms with van der Waals surface area (Å²) >= 11 is 13.2. The van der Waals surface area contributed by atoms with Gasteiger partial charge in [0.1, 0.15) is 10.7 Å². The molecular weight excluding hydrogens is 329 g/mol. The topological polar surface area (TPSA) is 68.0 Å². The van der Waals surface area contributed by atoms with Crippen LogP contribution in [0.5, 0.6) is 0 Å². The molecule has 1 heterocycles. The highest BCUT2D eigenvalue weighted by atomic mass is 35.5. The molecule has 1 aromatic carbocycles. The predicted molar refractivity (Wildman–Crippen MR) is 87.1 cm³/mol. The van der Waals surface area contributed by atoms with Crippen LogP contribution in [0.4, 0.5) is 0 Å². The number of nitrogens with one attached hydrogen (secondary N) is 1. The van der Waals surface area contributed by atoms with Crippen molar-refractivity contribution in [2.45, 2.75) is 25.9 Å². The smallest absolute Gasteiger partial charge is 0.271 e. The third-order valence-corrected chi connectivity index (χ3v) is 4.72. The van der Waals surface area contributed by atoms with E-state index >= 15 is 0 Å². The molecule has 112 valence electrons. The summed E-state index contributed by atoms with van der Waals surface area (Å²) in [6.45, 7) is 3.70. The number of halogens is 2. The number of carbonyl (C=O) groups is 1. The monoisotopic (exact) mass is 343 g/mol. The highest BCUT2D eigenvalue weighted by Gasteiger charge is 2.16. The van der Waals surface area contributed by atoms with E-state index < -0.39 is 0 Å². The van der Waals surface area contributed by atoms with Crippen LogP contribution in [0.3, 0.4) is 0 Å². The molecule has 7 heteroatoms. The predicted octanol–water partition coefficient (Wildman–Crippen LogP) is 3.96. The lowest BCUT2D eigenvalue weighted by atomic mass is 10.1. The normalized spacial score (nSPS) is 13.8. The Hall–Kier alpha value is -1.14. The Kier molecular flexibility index (Phi) is 5.22. The second kappa shape index (κ2) is 6.75. The van der Waals surface area contributed by atoms with Crippen LogP contribution in [0.1, 0.15) is 47.0 Å². The molecule has 2 rings (SSSR count). The van der Waals surface area contributed by atoms with Crippen LogP contribution < -0.4 is 11.1 Å². The molecule has 0 saturated carbocycles. The third-order valence-electron chi connectivity index (χ3n) is 2.94. The molecule has 0 spiro atoms. The first-order valence-corrected chi connectivity index (χ1v) is 7.99. The zero-order chi connectivity index (χ0) is 15.6. The fourth-order valence-corrected chi connectivity index (χ4v) is 2.80. The molecule has 2 aromatic rings. The number of benzene rings is 1. The Morgan fingerprint density at radius 1 is 1.33 bits per heavy atom. The van der Waals surface area contributed by atoms with Gasteiger partial charge in [-0.05, 0) is 31.5 Å². The summed E-state index contributed by atoms with van der Waals surface area (Å²) in [5.74, 6) is -0.239. The van der Waals surface area contributed by atoms with E-state index in [4.69, 9.17) is 28.9 Å². The van der Waals surface area contributed by atoms with Gasteiger partial charge >= 0.3 is 0 Å². The number of nitrogens with zero attached hydrogens (tertiary/aromatic N) is 1. The van der Waals surface area contributed by atoms with Gasteiger partial charge in [0.2, 0.25) is 0 Å². The minimum atomic E-state index is -0.239. The van der Waals surface area contributed by atoms with E-state index in [1.54, 1.807) is 17.5 Å². The van der Waals surface area contributed by atoms with Crippen molar-refractivity contribution in [1.29, 1.82) is 0 Å².